The van der Waals surface area contributed by atoms with Crippen molar-refractivity contribution in [1.82, 2.24) is 15.5 Å². The fourth-order valence-corrected chi connectivity index (χ4v) is 3.90. The van der Waals surface area contributed by atoms with Crippen LogP contribution in [-0.4, -0.2) is 47.8 Å². The first-order valence-electron chi connectivity index (χ1n) is 11.2. The highest BCUT2D eigenvalue weighted by Crippen LogP contribution is 2.23. The smallest absolute Gasteiger partial charge is 0.253 e. The maximum atomic E-state index is 13.5. The number of likely N-dealkylation sites (tertiary alicyclic amines) is 1. The average molecular weight is 458 g/mol. The number of carbonyl (C=O) groups is 3. The van der Waals surface area contributed by atoms with Crippen LogP contribution < -0.4 is 10.6 Å². The maximum Gasteiger partial charge on any atom is 0.253 e. The van der Waals surface area contributed by atoms with Gasteiger partial charge in [-0.15, -0.1) is 0 Å². The van der Waals surface area contributed by atoms with Crippen LogP contribution in [0.15, 0.2) is 48.5 Å². The van der Waals surface area contributed by atoms with Crippen molar-refractivity contribution in [2.45, 2.75) is 45.2 Å². The van der Waals surface area contributed by atoms with Gasteiger partial charge in [-0.3, -0.25) is 14.4 Å². The number of piperidine rings is 1. The molecule has 2 N–H and O–H groups in total. The average Bonchev–Trinajstić information content (AvgIpc) is 2.82. The van der Waals surface area contributed by atoms with E-state index in [1.54, 1.807) is 11.0 Å². The van der Waals surface area contributed by atoms with Gasteiger partial charge in [0, 0.05) is 30.3 Å². The van der Waals surface area contributed by atoms with E-state index in [2.05, 4.69) is 10.6 Å². The first-order valence-corrected chi connectivity index (χ1v) is 11.2. The molecule has 0 radical (unpaired) electrons. The first-order chi connectivity index (χ1) is 15.8. The summed E-state index contributed by atoms with van der Waals surface area (Å²) in [4.78, 5) is 40.1. The molecule has 1 aliphatic rings. The molecule has 2 aromatic carbocycles. The maximum absolute atomic E-state index is 13.5. The minimum Gasteiger partial charge on any atom is -0.352 e. The van der Waals surface area contributed by atoms with Crippen LogP contribution in [0.5, 0.6) is 0 Å². The van der Waals surface area contributed by atoms with Crippen molar-refractivity contribution in [3.05, 3.63) is 71.3 Å². The molecule has 176 valence electrons. The van der Waals surface area contributed by atoms with Crippen LogP contribution in [0.4, 0.5) is 8.78 Å². The van der Waals surface area contributed by atoms with Crippen LogP contribution >= 0.6 is 0 Å². The summed E-state index contributed by atoms with van der Waals surface area (Å²) in [5.41, 5.74) is 0.542. The molecule has 2 aromatic rings. The molecule has 0 spiro atoms. The van der Waals surface area contributed by atoms with E-state index in [9.17, 15) is 23.2 Å². The highest BCUT2D eigenvalue weighted by molar-refractivity contribution is 5.97. The lowest BCUT2D eigenvalue weighted by atomic mass is 9.88. The zero-order chi connectivity index (χ0) is 24.0. The molecule has 3 amide bonds. The molecule has 0 bridgehead atoms. The number of hydrogen-bond acceptors (Lipinski definition) is 3. The van der Waals surface area contributed by atoms with Crippen LogP contribution in [0.2, 0.25) is 0 Å². The number of benzene rings is 2. The predicted molar refractivity (Wildman–Crippen MR) is 121 cm³/mol. The van der Waals surface area contributed by atoms with Crippen LogP contribution in [0.1, 0.15) is 53.8 Å². The Hall–Kier alpha value is -3.29. The Morgan fingerprint density at radius 1 is 0.970 bits per heavy atom. The molecule has 1 saturated heterocycles. The van der Waals surface area contributed by atoms with E-state index in [0.29, 0.717) is 25.9 Å². The summed E-state index contributed by atoms with van der Waals surface area (Å²) in [7, 11) is 0. The van der Waals surface area contributed by atoms with Crippen LogP contribution in [-0.2, 0) is 4.79 Å². The van der Waals surface area contributed by atoms with Gasteiger partial charge < -0.3 is 15.5 Å². The van der Waals surface area contributed by atoms with Crippen molar-refractivity contribution < 1.29 is 23.2 Å². The second kappa shape index (κ2) is 11.0. The Morgan fingerprint density at radius 2 is 1.64 bits per heavy atom. The van der Waals surface area contributed by atoms with Crippen molar-refractivity contribution in [3.8, 4) is 0 Å². The molecule has 8 heteroatoms. The lowest BCUT2D eigenvalue weighted by molar-refractivity contribution is -0.125. The molecule has 0 aromatic heterocycles. The van der Waals surface area contributed by atoms with Gasteiger partial charge in [0.05, 0.1) is 0 Å². The third kappa shape index (κ3) is 6.37. The van der Waals surface area contributed by atoms with E-state index < -0.39 is 23.6 Å². The highest BCUT2D eigenvalue weighted by Gasteiger charge is 2.34. The van der Waals surface area contributed by atoms with Crippen LogP contribution in [0.3, 0.4) is 0 Å². The standard InChI is InChI=1S/C25H29F2N3O3/c1-3-16(2)28-24(32)22(29-23(31)18-7-9-20(26)10-8-18)17-11-13-30(14-12-17)25(33)19-5-4-6-21(27)15-19/h4-10,15-17,22H,3,11-14H2,1-2H3,(H,28,32)(H,29,31)/t16-,22+/m1/s1. The Balaban J connectivity index is 1.70. The summed E-state index contributed by atoms with van der Waals surface area (Å²) in [6.45, 7) is 4.61. The van der Waals surface area contributed by atoms with Gasteiger partial charge in [0.1, 0.15) is 17.7 Å². The summed E-state index contributed by atoms with van der Waals surface area (Å²) in [5, 5.41) is 5.73. The van der Waals surface area contributed by atoms with Gasteiger partial charge in [0.15, 0.2) is 0 Å². The molecule has 1 heterocycles. The van der Waals surface area contributed by atoms with Crippen molar-refractivity contribution in [2.75, 3.05) is 13.1 Å². The third-order valence-corrected chi connectivity index (χ3v) is 6.05. The van der Waals surface area contributed by atoms with Crippen molar-refractivity contribution in [1.29, 1.82) is 0 Å². The predicted octanol–water partition coefficient (Wildman–Crippen LogP) is 3.53. The zero-order valence-electron chi connectivity index (χ0n) is 18.8. The van der Waals surface area contributed by atoms with Crippen LogP contribution in [0.25, 0.3) is 0 Å². The van der Waals surface area contributed by atoms with Gasteiger partial charge in [-0.2, -0.15) is 0 Å². The number of nitrogens with one attached hydrogen (secondary N) is 2. The minimum absolute atomic E-state index is 0.0580. The highest BCUT2D eigenvalue weighted by atomic mass is 19.1. The van der Waals surface area contributed by atoms with Gasteiger partial charge in [0.25, 0.3) is 11.8 Å². The summed E-state index contributed by atoms with van der Waals surface area (Å²) in [6, 6.07) is 9.84. The molecule has 1 fully saturated rings. The lowest BCUT2D eigenvalue weighted by Crippen LogP contribution is -2.55. The first kappa shape index (κ1) is 24.4. The minimum atomic E-state index is -0.789. The van der Waals surface area contributed by atoms with E-state index in [-0.39, 0.29) is 34.9 Å². The number of halogens is 2. The fourth-order valence-electron chi connectivity index (χ4n) is 3.90. The lowest BCUT2D eigenvalue weighted by Gasteiger charge is -2.36. The van der Waals surface area contributed by atoms with E-state index in [1.807, 2.05) is 13.8 Å². The second-order valence-electron chi connectivity index (χ2n) is 8.42. The van der Waals surface area contributed by atoms with Gasteiger partial charge in [-0.1, -0.05) is 13.0 Å². The molecule has 0 saturated carbocycles. The van der Waals surface area contributed by atoms with Gasteiger partial charge in [-0.05, 0) is 74.6 Å². The summed E-state index contributed by atoms with van der Waals surface area (Å²) >= 11 is 0. The van der Waals surface area contributed by atoms with Crippen LogP contribution in [0, 0.1) is 17.6 Å². The molecule has 1 aliphatic heterocycles. The van der Waals surface area contributed by atoms with Gasteiger partial charge in [-0.25, -0.2) is 8.78 Å². The number of rotatable bonds is 7. The van der Waals surface area contributed by atoms with Crippen molar-refractivity contribution in [2.24, 2.45) is 5.92 Å². The molecular formula is C25H29F2N3O3. The molecule has 3 rings (SSSR count). The molecule has 0 aliphatic carbocycles. The number of nitrogens with zero attached hydrogens (tertiary/aromatic N) is 1. The Labute approximate surface area is 192 Å². The largest absolute Gasteiger partial charge is 0.352 e. The topological polar surface area (TPSA) is 78.5 Å². The third-order valence-electron chi connectivity index (χ3n) is 6.05. The number of hydrogen-bond donors (Lipinski definition) is 2. The van der Waals surface area contributed by atoms with E-state index in [4.69, 9.17) is 0 Å². The quantitative estimate of drug-likeness (QED) is 0.668. The summed E-state index contributed by atoms with van der Waals surface area (Å²) in [5.74, 6) is -2.11. The number of carbonyl (C=O) groups excluding carboxylic acids is 3. The second-order valence-corrected chi connectivity index (χ2v) is 8.42. The Morgan fingerprint density at radius 3 is 2.24 bits per heavy atom. The van der Waals surface area contributed by atoms with E-state index in [0.717, 1.165) is 6.42 Å². The van der Waals surface area contributed by atoms with E-state index >= 15 is 0 Å². The fraction of sp³-hybridized carbons (Fsp3) is 0.400. The van der Waals surface area contributed by atoms with Crippen molar-refractivity contribution in [3.63, 3.8) is 0 Å². The SMILES string of the molecule is CC[C@@H](C)NC(=O)[C@@H](NC(=O)c1ccc(F)cc1)C1CCN(C(=O)c2cccc(F)c2)CC1. The zero-order valence-corrected chi connectivity index (χ0v) is 18.8. The Bertz CT molecular complexity index is 989. The molecular weight excluding hydrogens is 428 g/mol. The van der Waals surface area contributed by atoms with Crippen molar-refractivity contribution >= 4 is 17.7 Å². The molecule has 0 unspecified atom stereocenters. The number of amides is 3. The molecule has 6 nitrogen and oxygen atoms in total. The monoisotopic (exact) mass is 457 g/mol. The summed E-state index contributed by atoms with van der Waals surface area (Å²) < 4.78 is 26.7. The molecule has 33 heavy (non-hydrogen) atoms. The van der Waals surface area contributed by atoms with E-state index in [1.165, 1.54) is 42.5 Å². The summed E-state index contributed by atoms with van der Waals surface area (Å²) in [6.07, 6.45) is 1.75. The van der Waals surface area contributed by atoms with Gasteiger partial charge in [0.2, 0.25) is 5.91 Å². The normalized spacial score (nSPS) is 16.1. The Kier molecular flexibility index (Phi) is 8.14. The molecule has 2 atom stereocenters. The van der Waals surface area contributed by atoms with Gasteiger partial charge >= 0.3 is 0 Å².